The van der Waals surface area contributed by atoms with Gasteiger partial charge in [0.15, 0.2) is 0 Å². The molecule has 1 saturated heterocycles. The molecule has 96 heavy (non-hydrogen) atoms. The molecule has 1 fully saturated rings. The molecule has 0 radical (unpaired) electrons. The van der Waals surface area contributed by atoms with Crippen LogP contribution in [0.4, 0.5) is 15.3 Å². The fraction of sp³-hybridized carbons (Fsp3) is 0.632. The van der Waals surface area contributed by atoms with E-state index in [-0.39, 0.29) is 76.5 Å². The van der Waals surface area contributed by atoms with Gasteiger partial charge in [0.25, 0.3) is 11.8 Å². The van der Waals surface area contributed by atoms with Gasteiger partial charge in [-0.2, -0.15) is 0 Å². The third kappa shape index (κ3) is 23.9. The quantitative estimate of drug-likeness (QED) is 0.0349. The molecule has 0 saturated carbocycles. The largest absolute Gasteiger partial charge is 0.445 e. The number of urea groups is 1. The first kappa shape index (κ1) is 80.4. The Labute approximate surface area is 564 Å². The third-order valence-corrected chi connectivity index (χ3v) is 17.5. The van der Waals surface area contributed by atoms with E-state index in [9.17, 15) is 57.8 Å². The Hall–Kier alpha value is -8.05. The van der Waals surface area contributed by atoms with Gasteiger partial charge in [-0.15, -0.1) is 0 Å². The van der Waals surface area contributed by atoms with Crippen molar-refractivity contribution in [3.05, 3.63) is 77.9 Å². The first-order chi connectivity index (χ1) is 45.5. The monoisotopic (exact) mass is 1350 g/mol. The molecule has 28 heteroatoms. The number of likely N-dealkylation sites (N-methyl/N-ethyl adjacent to an activating group) is 2. The van der Waals surface area contributed by atoms with Crippen molar-refractivity contribution < 1.29 is 81.5 Å². The van der Waals surface area contributed by atoms with Crippen molar-refractivity contribution in [2.45, 2.75) is 175 Å². The summed E-state index contributed by atoms with van der Waals surface area (Å²) in [6, 6.07) is 8.53. The fourth-order valence-electron chi connectivity index (χ4n) is 11.8. The van der Waals surface area contributed by atoms with Crippen LogP contribution in [0.15, 0.2) is 66.7 Å². The maximum Gasteiger partial charge on any atom is 0.410 e. The first-order valence-corrected chi connectivity index (χ1v) is 33.0. The van der Waals surface area contributed by atoms with Gasteiger partial charge in [0, 0.05) is 59.2 Å². The molecule has 0 aromatic heterocycles. The minimum atomic E-state index is -1.15. The molecule has 0 spiro atoms. The van der Waals surface area contributed by atoms with Crippen LogP contribution in [0.2, 0.25) is 0 Å². The number of aliphatic hydroxyl groups is 1. The number of hydrogen-bond acceptors (Lipinski definition) is 17. The summed E-state index contributed by atoms with van der Waals surface area (Å²) in [5, 5.41) is 27.4. The van der Waals surface area contributed by atoms with Crippen molar-refractivity contribution in [3.63, 3.8) is 0 Å². The van der Waals surface area contributed by atoms with E-state index in [4.69, 9.17) is 29.4 Å². The van der Waals surface area contributed by atoms with Gasteiger partial charge < -0.3 is 76.2 Å². The lowest BCUT2D eigenvalue weighted by molar-refractivity contribution is -0.148. The first-order valence-electron chi connectivity index (χ1n) is 33.0. The number of amides is 12. The zero-order valence-corrected chi connectivity index (χ0v) is 58.3. The second-order valence-corrected chi connectivity index (χ2v) is 25.6. The summed E-state index contributed by atoms with van der Waals surface area (Å²) >= 11 is 0. The molecule has 2 heterocycles. The Morgan fingerprint density at radius 3 is 1.94 bits per heavy atom. The number of benzene rings is 2. The van der Waals surface area contributed by atoms with E-state index >= 15 is 0 Å². The Morgan fingerprint density at radius 1 is 0.719 bits per heavy atom. The topological polar surface area (TPSA) is 365 Å². The Morgan fingerprint density at radius 2 is 1.35 bits per heavy atom. The van der Waals surface area contributed by atoms with E-state index in [0.29, 0.717) is 42.6 Å². The molecule has 0 aliphatic carbocycles. The summed E-state index contributed by atoms with van der Waals surface area (Å²) in [6.07, 6.45) is 1.19. The van der Waals surface area contributed by atoms with Crippen LogP contribution in [-0.4, -0.2) is 219 Å². The maximum atomic E-state index is 14.8. The average molecular weight is 1350 g/mol. The molecule has 9 N–H and O–H groups in total. The Kier molecular flexibility index (Phi) is 33.4. The number of nitrogens with one attached hydrogen (secondary N) is 6. The number of aliphatic hydroxyl groups excluding tert-OH is 1. The number of rotatable bonds is 40. The van der Waals surface area contributed by atoms with Gasteiger partial charge in [0.05, 0.1) is 75.1 Å². The van der Waals surface area contributed by atoms with Crippen LogP contribution >= 0.6 is 0 Å². The summed E-state index contributed by atoms with van der Waals surface area (Å²) in [5.41, 5.74) is 6.73. The molecule has 12 amide bonds. The highest BCUT2D eigenvalue weighted by molar-refractivity contribution is 6.12. The summed E-state index contributed by atoms with van der Waals surface area (Å²) in [5.74, 6) is -6.52. The molecule has 12 atom stereocenters. The molecule has 2 aromatic carbocycles. The zero-order chi connectivity index (χ0) is 71.5. The summed E-state index contributed by atoms with van der Waals surface area (Å²) in [6.45, 7) is 18.0. The Bertz CT molecular complexity index is 2920. The van der Waals surface area contributed by atoms with Crippen molar-refractivity contribution in [1.29, 1.82) is 0 Å². The molecule has 2 aliphatic rings. The molecular formula is C68H105N11O17. The number of carbonyl (C=O) groups is 11. The van der Waals surface area contributed by atoms with Gasteiger partial charge in [0.1, 0.15) is 37.4 Å². The van der Waals surface area contributed by atoms with Gasteiger partial charge in [-0.1, -0.05) is 111 Å². The van der Waals surface area contributed by atoms with Crippen molar-refractivity contribution in [2.24, 2.45) is 35.3 Å². The van der Waals surface area contributed by atoms with Crippen LogP contribution in [-0.2, 0) is 73.4 Å². The van der Waals surface area contributed by atoms with Crippen LogP contribution in [0.25, 0.3) is 0 Å². The minimum Gasteiger partial charge on any atom is -0.445 e. The van der Waals surface area contributed by atoms with Crippen molar-refractivity contribution in [1.82, 2.24) is 46.2 Å². The van der Waals surface area contributed by atoms with Crippen molar-refractivity contribution in [2.75, 3.05) is 79.7 Å². The van der Waals surface area contributed by atoms with Crippen LogP contribution in [0, 0.1) is 29.6 Å². The Balaban J connectivity index is 1.36. The number of nitrogens with zero attached hydrogens (tertiary/aromatic N) is 4. The van der Waals surface area contributed by atoms with Gasteiger partial charge in [-0.25, -0.2) is 9.59 Å². The second-order valence-electron chi connectivity index (χ2n) is 25.6. The van der Waals surface area contributed by atoms with Crippen molar-refractivity contribution in [3.8, 4) is 0 Å². The van der Waals surface area contributed by atoms with E-state index in [1.807, 2.05) is 32.0 Å². The zero-order valence-electron chi connectivity index (χ0n) is 58.3. The highest BCUT2D eigenvalue weighted by atomic mass is 16.6. The second kappa shape index (κ2) is 39.9. The lowest BCUT2D eigenvalue weighted by Crippen LogP contribution is -2.60. The summed E-state index contributed by atoms with van der Waals surface area (Å²) in [4.78, 5) is 152. The highest BCUT2D eigenvalue weighted by Gasteiger charge is 2.44. The number of ether oxygens (including phenoxy) is 5. The van der Waals surface area contributed by atoms with Gasteiger partial charge in [-0.3, -0.25) is 53.0 Å². The molecule has 2 aromatic rings. The molecule has 534 valence electrons. The minimum absolute atomic E-state index is 0.00291. The van der Waals surface area contributed by atoms with Crippen molar-refractivity contribution >= 4 is 71.0 Å². The maximum absolute atomic E-state index is 14.8. The predicted octanol–water partition coefficient (Wildman–Crippen LogP) is 3.55. The number of imide groups is 1. The SMILES string of the molecule is CC[C@H](C)[C@@H]([C@H](CC(=O)N1CCC[C@H]1[C@H](OC)[C@@H](C)C(=O)N[C@H](C)[C@@H](O)c1ccccc1)OC)N(C)C(=O)[C@@H](NC(=O)[C@H](C(C)C)N(C)C(=O)OCc1ccc(NC(=O)[C@H](CCCNC(N)=O)NC(=O)[C@@H](NC(=O)COCCOCCN2C(=O)C=CC2=O)C(C)C)cc1)C(C)C. The highest BCUT2D eigenvalue weighted by Crippen LogP contribution is 2.31. The average Bonchev–Trinajstić information content (AvgIpc) is 1.48. The van der Waals surface area contributed by atoms with Gasteiger partial charge >= 0.3 is 12.1 Å². The predicted molar refractivity (Wildman–Crippen MR) is 357 cm³/mol. The van der Waals surface area contributed by atoms with Gasteiger partial charge in [0.2, 0.25) is 41.4 Å². The van der Waals surface area contributed by atoms with Crippen LogP contribution < -0.4 is 37.6 Å². The van der Waals surface area contributed by atoms with E-state index in [1.165, 1.54) is 38.3 Å². The van der Waals surface area contributed by atoms with Gasteiger partial charge in [-0.05, 0) is 79.5 Å². The summed E-state index contributed by atoms with van der Waals surface area (Å²) < 4.78 is 28.5. The lowest BCUT2D eigenvalue weighted by Gasteiger charge is -2.41. The number of hydrogen-bond donors (Lipinski definition) is 8. The molecule has 2 aliphatic heterocycles. The number of likely N-dealkylation sites (tertiary alicyclic amines) is 1. The normalized spacial score (nSPS) is 17.3. The molecular weight excluding hydrogens is 1240 g/mol. The molecule has 4 rings (SSSR count). The smallest absolute Gasteiger partial charge is 0.410 e. The summed E-state index contributed by atoms with van der Waals surface area (Å²) in [7, 11) is 6.06. The van der Waals surface area contributed by atoms with E-state index in [1.54, 1.807) is 109 Å². The van der Waals surface area contributed by atoms with E-state index in [0.717, 1.165) is 4.90 Å². The van der Waals surface area contributed by atoms with E-state index < -0.39 is 144 Å². The van der Waals surface area contributed by atoms with Crippen LogP contribution in [0.5, 0.6) is 0 Å². The number of anilines is 1. The molecule has 0 bridgehead atoms. The van der Waals surface area contributed by atoms with Crippen LogP contribution in [0.3, 0.4) is 0 Å². The molecule has 28 nitrogen and oxygen atoms in total. The molecule has 0 unspecified atom stereocenters. The number of methoxy groups -OCH3 is 2. The number of primary amides is 1. The lowest BCUT2D eigenvalue weighted by atomic mass is 9.89. The van der Waals surface area contributed by atoms with Crippen LogP contribution in [0.1, 0.15) is 125 Å². The standard InChI is InChI=1S/C68H105N11O17/c1-15-43(8)59(51(92-13)37-55(83)78-32-20-24-50(78)61(93-14)44(9)62(85)71-45(10)60(84)47-21-17-16-18-22-47)76(11)66(89)57(41(4)5)75-65(88)58(42(6)7)77(12)68(91)96-38-46-25-27-48(28-26-46)72-63(86)49(23-19-31-70-67(69)90)73-64(87)56(40(2)3)74-52(80)39-95-36-35-94-34-33-79-53(81)29-30-54(79)82/h16-18,21-22,25-30,40-45,49-51,56-61,84H,15,19-20,23-24,31-39H2,1-14H3,(H,71,85)(H,72,86)(H,73,87)(H,74,80)(H,75,88)(H3,69,70,90)/t43-,44+,45+,49-,50-,51-,56-,57-,58-,59-,60+,61+/m0/s1. The number of nitrogens with two attached hydrogens (primary N) is 1. The number of carbonyl (C=O) groups excluding carboxylic acids is 11. The third-order valence-electron chi connectivity index (χ3n) is 17.5. The fourth-order valence-corrected chi connectivity index (χ4v) is 11.8. The van der Waals surface area contributed by atoms with E-state index in [2.05, 4.69) is 31.9 Å².